The fourth-order valence-electron chi connectivity index (χ4n) is 2.67. The summed E-state index contributed by atoms with van der Waals surface area (Å²) < 4.78 is 28.8. The fraction of sp³-hybridized carbons (Fsp3) is 0.286. The first-order valence-electron chi connectivity index (χ1n) is 6.82. The molecule has 1 aromatic carbocycles. The number of benzene rings is 1. The van der Waals surface area contributed by atoms with Crippen LogP contribution < -0.4 is 10.2 Å². The van der Waals surface area contributed by atoms with Gasteiger partial charge in [-0.05, 0) is 18.2 Å². The highest BCUT2D eigenvalue weighted by molar-refractivity contribution is 5.80. The highest BCUT2D eigenvalue weighted by Gasteiger charge is 2.16. The number of piperazine rings is 1. The molecule has 0 unspecified atom stereocenters. The smallest absolute Gasteiger partial charge is 0.236 e. The van der Waals surface area contributed by atoms with Crippen molar-refractivity contribution in [3.05, 3.63) is 36.0 Å². The fourth-order valence-corrected chi connectivity index (χ4v) is 2.67. The quantitative estimate of drug-likeness (QED) is 0.738. The molecule has 3 heterocycles. The summed E-state index contributed by atoms with van der Waals surface area (Å²) in [6, 6.07) is 4.50. The van der Waals surface area contributed by atoms with Crippen molar-refractivity contribution in [2.75, 3.05) is 31.1 Å². The molecule has 0 spiro atoms. The Morgan fingerprint density at radius 3 is 2.67 bits per heavy atom. The third-order valence-electron chi connectivity index (χ3n) is 3.76. The zero-order valence-corrected chi connectivity index (χ0v) is 11.2. The van der Waals surface area contributed by atoms with Crippen LogP contribution in [0.4, 0.5) is 14.6 Å². The normalized spacial score (nSPS) is 16.0. The Bertz CT molecular complexity index is 823. The van der Waals surface area contributed by atoms with E-state index in [1.54, 1.807) is 10.6 Å². The van der Waals surface area contributed by atoms with E-state index in [0.717, 1.165) is 38.1 Å². The lowest BCUT2D eigenvalue weighted by Gasteiger charge is -2.28. The molecule has 2 aromatic heterocycles. The van der Waals surface area contributed by atoms with Crippen LogP contribution in [0.5, 0.6) is 0 Å². The maximum atomic E-state index is 13.8. The van der Waals surface area contributed by atoms with Gasteiger partial charge < -0.3 is 10.2 Å². The Hall–Kier alpha value is -2.28. The van der Waals surface area contributed by atoms with Gasteiger partial charge in [-0.15, -0.1) is 0 Å². The molecule has 5 nitrogen and oxygen atoms in total. The molecule has 0 aliphatic carbocycles. The van der Waals surface area contributed by atoms with Crippen LogP contribution in [0, 0.1) is 11.6 Å². The van der Waals surface area contributed by atoms with Gasteiger partial charge in [0.2, 0.25) is 5.78 Å². The Morgan fingerprint density at radius 2 is 1.86 bits per heavy atom. The molecule has 0 bridgehead atoms. The number of aromatic nitrogens is 3. The number of nitrogens with one attached hydrogen (secondary N) is 1. The summed E-state index contributed by atoms with van der Waals surface area (Å²) in [7, 11) is 0. The summed E-state index contributed by atoms with van der Waals surface area (Å²) in [5.41, 5.74) is 0.531. The van der Waals surface area contributed by atoms with Crippen LogP contribution >= 0.6 is 0 Å². The van der Waals surface area contributed by atoms with Gasteiger partial charge in [0.15, 0.2) is 11.6 Å². The van der Waals surface area contributed by atoms with Gasteiger partial charge in [0, 0.05) is 32.4 Å². The number of halogens is 2. The number of nitrogens with zero attached hydrogens (tertiary/aromatic N) is 4. The number of hydrogen-bond acceptors (Lipinski definition) is 4. The van der Waals surface area contributed by atoms with Crippen molar-refractivity contribution in [1.82, 2.24) is 19.7 Å². The van der Waals surface area contributed by atoms with E-state index in [2.05, 4.69) is 20.2 Å². The number of fused-ring (bicyclic) bond motifs is 3. The van der Waals surface area contributed by atoms with Crippen LogP contribution in [0.3, 0.4) is 0 Å². The minimum atomic E-state index is -0.929. The van der Waals surface area contributed by atoms with Crippen molar-refractivity contribution < 1.29 is 8.78 Å². The molecule has 1 saturated heterocycles. The van der Waals surface area contributed by atoms with E-state index < -0.39 is 11.6 Å². The van der Waals surface area contributed by atoms with E-state index in [0.29, 0.717) is 11.3 Å². The van der Waals surface area contributed by atoms with Gasteiger partial charge in [-0.25, -0.2) is 13.8 Å². The van der Waals surface area contributed by atoms with Crippen LogP contribution in [0.1, 0.15) is 0 Å². The summed E-state index contributed by atoms with van der Waals surface area (Å²) in [6.07, 6.45) is 1.80. The average Bonchev–Trinajstić information content (AvgIpc) is 2.90. The van der Waals surface area contributed by atoms with Crippen molar-refractivity contribution >= 4 is 22.6 Å². The van der Waals surface area contributed by atoms with Crippen LogP contribution in [-0.2, 0) is 0 Å². The molecule has 108 valence electrons. The molecule has 0 atom stereocenters. The second kappa shape index (κ2) is 4.63. The molecule has 1 N–H and O–H groups in total. The van der Waals surface area contributed by atoms with Crippen molar-refractivity contribution in [3.63, 3.8) is 0 Å². The maximum absolute atomic E-state index is 13.8. The van der Waals surface area contributed by atoms with E-state index in [4.69, 9.17) is 0 Å². The van der Waals surface area contributed by atoms with Crippen molar-refractivity contribution in [2.45, 2.75) is 0 Å². The van der Waals surface area contributed by atoms with Crippen molar-refractivity contribution in [1.29, 1.82) is 0 Å². The van der Waals surface area contributed by atoms with Gasteiger partial charge >= 0.3 is 0 Å². The highest BCUT2D eigenvalue weighted by atomic mass is 19.2. The summed E-state index contributed by atoms with van der Waals surface area (Å²) >= 11 is 0. The van der Waals surface area contributed by atoms with Gasteiger partial charge in [-0.2, -0.15) is 4.98 Å². The summed E-state index contributed by atoms with van der Waals surface area (Å²) in [5.74, 6) is -0.638. The van der Waals surface area contributed by atoms with Crippen LogP contribution in [0.15, 0.2) is 24.4 Å². The molecule has 3 aromatic rings. The lowest BCUT2D eigenvalue weighted by molar-refractivity contribution is 0.515. The number of anilines is 1. The summed E-state index contributed by atoms with van der Waals surface area (Å²) in [5, 5.41) is 3.28. The molecule has 1 aliphatic rings. The summed E-state index contributed by atoms with van der Waals surface area (Å²) in [6.45, 7) is 3.55. The second-order valence-corrected chi connectivity index (χ2v) is 5.03. The molecule has 7 heteroatoms. The van der Waals surface area contributed by atoms with E-state index in [1.165, 1.54) is 6.07 Å². The zero-order valence-electron chi connectivity index (χ0n) is 11.2. The van der Waals surface area contributed by atoms with E-state index in [-0.39, 0.29) is 5.52 Å². The molecular weight excluding hydrogens is 276 g/mol. The number of rotatable bonds is 1. The minimum Gasteiger partial charge on any atom is -0.354 e. The standard InChI is InChI=1S/C14H13F2N5/c15-9-1-2-10-13(12(9)16)19-14-18-11(3-6-21(10)14)20-7-4-17-5-8-20/h1-3,6,17H,4-5,7-8H2. The Morgan fingerprint density at radius 1 is 1.05 bits per heavy atom. The summed E-state index contributed by atoms with van der Waals surface area (Å²) in [4.78, 5) is 10.7. The zero-order chi connectivity index (χ0) is 14.4. The molecule has 0 amide bonds. The van der Waals surface area contributed by atoms with Gasteiger partial charge in [0.1, 0.15) is 11.3 Å². The monoisotopic (exact) mass is 289 g/mol. The van der Waals surface area contributed by atoms with Crippen molar-refractivity contribution in [3.8, 4) is 0 Å². The topological polar surface area (TPSA) is 45.5 Å². The Labute approximate surface area is 119 Å². The van der Waals surface area contributed by atoms with E-state index in [9.17, 15) is 8.78 Å². The molecule has 4 rings (SSSR count). The predicted octanol–water partition coefficient (Wildman–Crippen LogP) is 1.57. The largest absolute Gasteiger partial charge is 0.354 e. The first-order valence-corrected chi connectivity index (χ1v) is 6.82. The highest BCUT2D eigenvalue weighted by Crippen LogP contribution is 2.22. The van der Waals surface area contributed by atoms with Gasteiger partial charge in [0.05, 0.1) is 5.52 Å². The maximum Gasteiger partial charge on any atom is 0.236 e. The lowest BCUT2D eigenvalue weighted by Crippen LogP contribution is -2.43. The van der Waals surface area contributed by atoms with E-state index >= 15 is 0 Å². The third kappa shape index (κ3) is 1.92. The predicted molar refractivity (Wildman–Crippen MR) is 75.5 cm³/mol. The molecular formula is C14H13F2N5. The minimum absolute atomic E-state index is 0.0139. The number of hydrogen-bond donors (Lipinski definition) is 1. The Balaban J connectivity index is 1.87. The van der Waals surface area contributed by atoms with Gasteiger partial charge in [-0.1, -0.05) is 0 Å². The van der Waals surface area contributed by atoms with Crippen molar-refractivity contribution in [2.24, 2.45) is 0 Å². The first-order chi connectivity index (χ1) is 10.2. The molecule has 1 fully saturated rings. The van der Waals surface area contributed by atoms with Crippen LogP contribution in [0.25, 0.3) is 16.8 Å². The molecule has 21 heavy (non-hydrogen) atoms. The van der Waals surface area contributed by atoms with Gasteiger partial charge in [0.25, 0.3) is 0 Å². The molecule has 0 radical (unpaired) electrons. The van der Waals surface area contributed by atoms with Gasteiger partial charge in [-0.3, -0.25) is 4.40 Å². The SMILES string of the molecule is Fc1ccc2c(nc3nc(N4CCNCC4)ccn32)c1F. The second-order valence-electron chi connectivity index (χ2n) is 5.03. The molecule has 0 saturated carbocycles. The number of imidazole rings is 1. The lowest BCUT2D eigenvalue weighted by atomic mass is 10.3. The Kier molecular flexibility index (Phi) is 2.75. The third-order valence-corrected chi connectivity index (χ3v) is 3.76. The van der Waals surface area contributed by atoms with Crippen LogP contribution in [0.2, 0.25) is 0 Å². The first kappa shape index (κ1) is 12.5. The average molecular weight is 289 g/mol. The van der Waals surface area contributed by atoms with E-state index in [1.807, 2.05) is 6.07 Å². The molecule has 1 aliphatic heterocycles. The van der Waals surface area contributed by atoms with Crippen LogP contribution in [-0.4, -0.2) is 40.5 Å².